The Bertz CT molecular complexity index is 429. The molecule has 2 rings (SSSR count). The maximum absolute atomic E-state index is 13.5. The van der Waals surface area contributed by atoms with Crippen LogP contribution in [0.5, 0.6) is 5.75 Å². The van der Waals surface area contributed by atoms with Crippen LogP contribution in [0, 0.1) is 11.7 Å². The molecule has 3 heteroatoms. The Morgan fingerprint density at radius 3 is 2.55 bits per heavy atom. The molecule has 0 bridgehead atoms. The molecule has 1 fully saturated rings. The summed E-state index contributed by atoms with van der Waals surface area (Å²) < 4.78 is 18.8. The Balaban J connectivity index is 2.03. The van der Waals surface area contributed by atoms with Gasteiger partial charge in [-0.3, -0.25) is 0 Å². The minimum absolute atomic E-state index is 0.0950. The first-order chi connectivity index (χ1) is 9.61. The van der Waals surface area contributed by atoms with Crippen molar-refractivity contribution in [3.05, 3.63) is 29.6 Å². The summed E-state index contributed by atoms with van der Waals surface area (Å²) in [6.07, 6.45) is 6.67. The number of benzene rings is 1. The van der Waals surface area contributed by atoms with E-state index in [2.05, 4.69) is 19.2 Å². The summed E-state index contributed by atoms with van der Waals surface area (Å²) in [6.45, 7) is 4.33. The molecular weight excluding hydrogens is 253 g/mol. The zero-order chi connectivity index (χ0) is 14.5. The van der Waals surface area contributed by atoms with E-state index < -0.39 is 0 Å². The SMILES string of the molecule is COc1ccc(F)cc1C(C)NC(C)C1CCCCC1. The van der Waals surface area contributed by atoms with Crippen molar-refractivity contribution in [1.29, 1.82) is 0 Å². The first-order valence-corrected chi connectivity index (χ1v) is 7.71. The zero-order valence-corrected chi connectivity index (χ0v) is 12.8. The Labute approximate surface area is 121 Å². The molecule has 2 atom stereocenters. The number of methoxy groups -OCH3 is 1. The number of hydrogen-bond donors (Lipinski definition) is 1. The van der Waals surface area contributed by atoms with Crippen molar-refractivity contribution in [2.24, 2.45) is 5.92 Å². The molecule has 0 heterocycles. The second-order valence-corrected chi connectivity index (χ2v) is 5.96. The highest BCUT2D eigenvalue weighted by molar-refractivity contribution is 5.36. The highest BCUT2D eigenvalue weighted by Crippen LogP contribution is 2.30. The molecule has 0 spiro atoms. The van der Waals surface area contributed by atoms with Crippen LogP contribution in [-0.2, 0) is 0 Å². The number of halogens is 1. The maximum atomic E-state index is 13.5. The molecule has 2 unspecified atom stereocenters. The van der Waals surface area contributed by atoms with E-state index in [0.29, 0.717) is 6.04 Å². The number of nitrogens with one attached hydrogen (secondary N) is 1. The lowest BCUT2D eigenvalue weighted by Gasteiger charge is -2.31. The van der Waals surface area contributed by atoms with Gasteiger partial charge in [-0.25, -0.2) is 4.39 Å². The largest absolute Gasteiger partial charge is 0.496 e. The molecule has 0 aromatic heterocycles. The molecule has 2 nitrogen and oxygen atoms in total. The van der Waals surface area contributed by atoms with Crippen molar-refractivity contribution in [2.45, 2.75) is 58.0 Å². The molecule has 1 saturated carbocycles. The third-order valence-corrected chi connectivity index (χ3v) is 4.53. The standard InChI is InChI=1S/C17H26FNO/c1-12(14-7-5-4-6-8-14)19-13(2)16-11-15(18)9-10-17(16)20-3/h9-14,19H,4-8H2,1-3H3. The average molecular weight is 279 g/mol. The third kappa shape index (κ3) is 3.72. The van der Waals surface area contributed by atoms with E-state index >= 15 is 0 Å². The fourth-order valence-electron chi connectivity index (χ4n) is 3.30. The van der Waals surface area contributed by atoms with Gasteiger partial charge in [-0.2, -0.15) is 0 Å². The van der Waals surface area contributed by atoms with E-state index in [1.807, 2.05) is 0 Å². The van der Waals surface area contributed by atoms with Gasteiger partial charge >= 0.3 is 0 Å². The first kappa shape index (κ1) is 15.3. The van der Waals surface area contributed by atoms with E-state index in [9.17, 15) is 4.39 Å². The van der Waals surface area contributed by atoms with Gasteiger partial charge in [0.05, 0.1) is 7.11 Å². The van der Waals surface area contributed by atoms with Crippen molar-refractivity contribution < 1.29 is 9.13 Å². The summed E-state index contributed by atoms with van der Waals surface area (Å²) in [4.78, 5) is 0. The average Bonchev–Trinajstić information content (AvgIpc) is 2.48. The summed E-state index contributed by atoms with van der Waals surface area (Å²) in [5.74, 6) is 1.28. The molecule has 1 aliphatic carbocycles. The van der Waals surface area contributed by atoms with Crippen molar-refractivity contribution in [2.75, 3.05) is 7.11 Å². The molecular formula is C17H26FNO. The van der Waals surface area contributed by atoms with Crippen LogP contribution in [0.3, 0.4) is 0 Å². The van der Waals surface area contributed by atoms with Gasteiger partial charge in [-0.05, 0) is 50.8 Å². The van der Waals surface area contributed by atoms with Gasteiger partial charge in [0.15, 0.2) is 0 Å². The van der Waals surface area contributed by atoms with Crippen LogP contribution < -0.4 is 10.1 Å². The highest BCUT2D eigenvalue weighted by atomic mass is 19.1. The maximum Gasteiger partial charge on any atom is 0.123 e. The lowest BCUT2D eigenvalue weighted by Crippen LogP contribution is -2.36. The van der Waals surface area contributed by atoms with Crippen molar-refractivity contribution in [1.82, 2.24) is 5.32 Å². The molecule has 0 saturated heterocycles. The van der Waals surface area contributed by atoms with Gasteiger partial charge in [0.2, 0.25) is 0 Å². The Morgan fingerprint density at radius 2 is 1.90 bits per heavy atom. The predicted octanol–water partition coefficient (Wildman–Crippen LogP) is 4.45. The number of rotatable bonds is 5. The molecule has 0 amide bonds. The first-order valence-electron chi connectivity index (χ1n) is 7.71. The summed E-state index contributed by atoms with van der Waals surface area (Å²) in [5, 5.41) is 3.62. The van der Waals surface area contributed by atoms with Crippen molar-refractivity contribution in [3.63, 3.8) is 0 Å². The summed E-state index contributed by atoms with van der Waals surface area (Å²) in [5.41, 5.74) is 0.898. The minimum atomic E-state index is -0.209. The van der Waals surface area contributed by atoms with E-state index in [1.54, 1.807) is 19.2 Å². The van der Waals surface area contributed by atoms with Crippen molar-refractivity contribution >= 4 is 0 Å². The molecule has 1 aromatic carbocycles. The van der Waals surface area contributed by atoms with Crippen LogP contribution in [0.15, 0.2) is 18.2 Å². The van der Waals surface area contributed by atoms with Crippen LogP contribution >= 0.6 is 0 Å². The topological polar surface area (TPSA) is 21.3 Å². The zero-order valence-electron chi connectivity index (χ0n) is 12.8. The Kier molecular flexibility index (Phi) is 5.41. The number of ether oxygens (including phenoxy) is 1. The minimum Gasteiger partial charge on any atom is -0.496 e. The lowest BCUT2D eigenvalue weighted by atomic mass is 9.84. The number of hydrogen-bond acceptors (Lipinski definition) is 2. The molecule has 1 aromatic rings. The summed E-state index contributed by atoms with van der Waals surface area (Å²) in [7, 11) is 1.63. The molecule has 1 aliphatic rings. The Morgan fingerprint density at radius 1 is 1.20 bits per heavy atom. The monoisotopic (exact) mass is 279 g/mol. The van der Waals surface area contributed by atoms with Crippen LogP contribution in [-0.4, -0.2) is 13.2 Å². The van der Waals surface area contributed by atoms with Crippen LogP contribution in [0.2, 0.25) is 0 Å². The summed E-state index contributed by atoms with van der Waals surface area (Å²) in [6, 6.07) is 5.27. The molecule has 1 N–H and O–H groups in total. The van der Waals surface area contributed by atoms with E-state index in [-0.39, 0.29) is 11.9 Å². The second-order valence-electron chi connectivity index (χ2n) is 5.96. The molecule has 0 aliphatic heterocycles. The molecule has 20 heavy (non-hydrogen) atoms. The van der Waals surface area contributed by atoms with Crippen molar-refractivity contribution in [3.8, 4) is 5.75 Å². The molecule has 112 valence electrons. The fourth-order valence-corrected chi connectivity index (χ4v) is 3.30. The second kappa shape index (κ2) is 7.07. The quantitative estimate of drug-likeness (QED) is 0.859. The van der Waals surface area contributed by atoms with E-state index in [0.717, 1.165) is 17.2 Å². The van der Waals surface area contributed by atoms with Gasteiger partial charge < -0.3 is 10.1 Å². The smallest absolute Gasteiger partial charge is 0.123 e. The van der Waals surface area contributed by atoms with Gasteiger partial charge in [0.1, 0.15) is 11.6 Å². The Hall–Kier alpha value is -1.09. The van der Waals surface area contributed by atoms with Gasteiger partial charge in [-0.15, -0.1) is 0 Å². The van der Waals surface area contributed by atoms with E-state index in [1.165, 1.54) is 38.2 Å². The fraction of sp³-hybridized carbons (Fsp3) is 0.647. The highest BCUT2D eigenvalue weighted by Gasteiger charge is 2.22. The van der Waals surface area contributed by atoms with Gasteiger partial charge in [0.25, 0.3) is 0 Å². The van der Waals surface area contributed by atoms with Gasteiger partial charge in [-0.1, -0.05) is 19.3 Å². The summed E-state index contributed by atoms with van der Waals surface area (Å²) >= 11 is 0. The van der Waals surface area contributed by atoms with Gasteiger partial charge in [0, 0.05) is 17.6 Å². The van der Waals surface area contributed by atoms with Crippen LogP contribution in [0.1, 0.15) is 57.6 Å². The predicted molar refractivity (Wildman–Crippen MR) is 80.5 cm³/mol. The molecule has 0 radical (unpaired) electrons. The van der Waals surface area contributed by atoms with E-state index in [4.69, 9.17) is 4.74 Å². The van der Waals surface area contributed by atoms with Crippen LogP contribution in [0.25, 0.3) is 0 Å². The third-order valence-electron chi connectivity index (χ3n) is 4.53. The normalized spacial score (nSPS) is 19.6. The van der Waals surface area contributed by atoms with Crippen LogP contribution in [0.4, 0.5) is 4.39 Å². The lowest BCUT2D eigenvalue weighted by molar-refractivity contribution is 0.266.